The normalized spacial score (nSPS) is 18.9. The second-order valence-electron chi connectivity index (χ2n) is 7.80. The van der Waals surface area contributed by atoms with Gasteiger partial charge in [0.15, 0.2) is 0 Å². The van der Waals surface area contributed by atoms with Crippen LogP contribution >= 0.6 is 23.2 Å². The van der Waals surface area contributed by atoms with Gasteiger partial charge < -0.3 is 15.5 Å². The van der Waals surface area contributed by atoms with Crippen LogP contribution < -0.4 is 15.5 Å². The highest BCUT2D eigenvalue weighted by atomic mass is 35.5. The summed E-state index contributed by atoms with van der Waals surface area (Å²) in [5.74, 6) is 2.03. The maximum Gasteiger partial charge on any atom is 0.251 e. The number of carbonyl (C=O) groups excluding carboxylic acids is 1. The maximum atomic E-state index is 12.4. The van der Waals surface area contributed by atoms with Gasteiger partial charge in [0, 0.05) is 44.0 Å². The summed E-state index contributed by atoms with van der Waals surface area (Å²) in [5, 5.41) is 7.32. The second kappa shape index (κ2) is 9.63. The van der Waals surface area contributed by atoms with Crippen molar-refractivity contribution in [1.29, 1.82) is 0 Å². The van der Waals surface area contributed by atoms with Crippen LogP contribution in [0.3, 0.4) is 0 Å². The van der Waals surface area contributed by atoms with Crippen molar-refractivity contribution < 1.29 is 4.79 Å². The molecule has 3 rings (SSSR count). The molecule has 0 saturated heterocycles. The van der Waals surface area contributed by atoms with Gasteiger partial charge in [0.05, 0.1) is 10.0 Å². The van der Waals surface area contributed by atoms with E-state index in [0.717, 1.165) is 43.6 Å². The number of halogens is 2. The predicted octanol–water partition coefficient (Wildman–Crippen LogP) is 4.56. The van der Waals surface area contributed by atoms with Crippen LogP contribution in [0, 0.1) is 12.8 Å². The monoisotopic (exact) mass is 435 g/mol. The molecule has 1 aliphatic rings. The molecule has 1 amide bonds. The second-order valence-corrected chi connectivity index (χ2v) is 8.61. The molecule has 0 aliphatic heterocycles. The molecule has 1 aromatic heterocycles. The molecular formula is C21H27Cl2N5O. The molecule has 1 aliphatic carbocycles. The molecule has 6 nitrogen and oxygen atoms in total. The lowest BCUT2D eigenvalue weighted by Gasteiger charge is -2.29. The quantitative estimate of drug-likeness (QED) is 0.695. The number of carbonyl (C=O) groups is 1. The summed E-state index contributed by atoms with van der Waals surface area (Å²) in [6.07, 6.45) is 5.85. The number of benzene rings is 1. The Bertz CT molecular complexity index is 866. The molecule has 1 aromatic carbocycles. The number of hydrogen-bond acceptors (Lipinski definition) is 5. The van der Waals surface area contributed by atoms with Gasteiger partial charge >= 0.3 is 0 Å². The van der Waals surface area contributed by atoms with Crippen molar-refractivity contribution in [2.75, 3.05) is 30.9 Å². The summed E-state index contributed by atoms with van der Waals surface area (Å²) in [7, 11) is 3.96. The Balaban J connectivity index is 1.46. The minimum absolute atomic E-state index is 0.102. The molecule has 1 heterocycles. The van der Waals surface area contributed by atoms with Crippen molar-refractivity contribution in [2.24, 2.45) is 5.92 Å². The van der Waals surface area contributed by atoms with E-state index in [-0.39, 0.29) is 11.9 Å². The molecule has 1 saturated carbocycles. The van der Waals surface area contributed by atoms with Crippen LogP contribution in [0.4, 0.5) is 11.8 Å². The van der Waals surface area contributed by atoms with Crippen molar-refractivity contribution in [3.8, 4) is 0 Å². The molecule has 0 radical (unpaired) electrons. The predicted molar refractivity (Wildman–Crippen MR) is 119 cm³/mol. The van der Waals surface area contributed by atoms with E-state index in [4.69, 9.17) is 23.2 Å². The Hall–Kier alpha value is -2.05. The van der Waals surface area contributed by atoms with E-state index in [1.807, 2.05) is 32.1 Å². The molecule has 2 aromatic rings. The van der Waals surface area contributed by atoms with Crippen LogP contribution in [0.15, 0.2) is 24.4 Å². The number of aryl methyl sites for hydroxylation is 1. The first-order valence-corrected chi connectivity index (χ1v) is 10.6. The van der Waals surface area contributed by atoms with E-state index in [1.165, 1.54) is 0 Å². The average molecular weight is 436 g/mol. The smallest absolute Gasteiger partial charge is 0.251 e. The van der Waals surface area contributed by atoms with E-state index < -0.39 is 0 Å². The highest BCUT2D eigenvalue weighted by Gasteiger charge is 2.23. The van der Waals surface area contributed by atoms with Gasteiger partial charge in [0.1, 0.15) is 5.82 Å². The number of rotatable bonds is 6. The molecule has 0 bridgehead atoms. The van der Waals surface area contributed by atoms with E-state index in [0.29, 0.717) is 27.5 Å². The lowest BCUT2D eigenvalue weighted by molar-refractivity contribution is 0.0922. The van der Waals surface area contributed by atoms with Crippen molar-refractivity contribution in [3.63, 3.8) is 0 Å². The molecule has 8 heteroatoms. The zero-order chi connectivity index (χ0) is 21.0. The summed E-state index contributed by atoms with van der Waals surface area (Å²) in [4.78, 5) is 23.4. The minimum Gasteiger partial charge on any atom is -0.362 e. The zero-order valence-electron chi connectivity index (χ0n) is 17.0. The number of hydrogen-bond donors (Lipinski definition) is 2. The fraction of sp³-hybridized carbons (Fsp3) is 0.476. The third kappa shape index (κ3) is 5.73. The topological polar surface area (TPSA) is 70.1 Å². The van der Waals surface area contributed by atoms with Gasteiger partial charge in [0.25, 0.3) is 5.91 Å². The Morgan fingerprint density at radius 2 is 1.90 bits per heavy atom. The molecule has 0 atom stereocenters. The number of aromatic nitrogens is 2. The molecule has 0 unspecified atom stereocenters. The van der Waals surface area contributed by atoms with Gasteiger partial charge in [-0.2, -0.15) is 4.98 Å². The zero-order valence-corrected chi connectivity index (χ0v) is 18.5. The maximum absolute atomic E-state index is 12.4. The van der Waals surface area contributed by atoms with Crippen LogP contribution in [-0.2, 0) is 0 Å². The van der Waals surface area contributed by atoms with Gasteiger partial charge in [0.2, 0.25) is 5.95 Å². The highest BCUT2D eigenvalue weighted by molar-refractivity contribution is 6.42. The molecule has 2 N–H and O–H groups in total. The highest BCUT2D eigenvalue weighted by Crippen LogP contribution is 2.26. The van der Waals surface area contributed by atoms with Gasteiger partial charge in [-0.1, -0.05) is 23.2 Å². The SMILES string of the molecule is Cc1cnc(NC[C@H]2CC[C@@H](NC(=O)c3ccc(Cl)c(Cl)c3)CC2)nc1N(C)C. The van der Waals surface area contributed by atoms with E-state index >= 15 is 0 Å². The Labute approximate surface area is 182 Å². The summed E-state index contributed by atoms with van der Waals surface area (Å²) in [6.45, 7) is 2.84. The first-order valence-electron chi connectivity index (χ1n) is 9.84. The molecule has 0 spiro atoms. The minimum atomic E-state index is -0.102. The number of nitrogens with one attached hydrogen (secondary N) is 2. The Morgan fingerprint density at radius 1 is 1.17 bits per heavy atom. The first kappa shape index (κ1) is 21.7. The van der Waals surface area contributed by atoms with Crippen LogP contribution in [0.5, 0.6) is 0 Å². The van der Waals surface area contributed by atoms with Crippen molar-refractivity contribution >= 4 is 40.9 Å². The van der Waals surface area contributed by atoms with E-state index in [1.54, 1.807) is 18.2 Å². The third-order valence-corrected chi connectivity index (χ3v) is 6.02. The lowest BCUT2D eigenvalue weighted by Crippen LogP contribution is -2.38. The molecule has 29 heavy (non-hydrogen) atoms. The standard InChI is InChI=1S/C21H27Cl2N5O/c1-13-11-24-21(27-19(13)28(2)3)25-12-14-4-7-16(8-5-14)26-20(29)15-6-9-17(22)18(23)10-15/h6,9-11,14,16H,4-5,7-8,12H2,1-3H3,(H,26,29)(H,24,25,27)/t14-,16+. The summed E-state index contributed by atoms with van der Waals surface area (Å²) in [5.41, 5.74) is 1.59. The van der Waals surface area contributed by atoms with Crippen LogP contribution in [0.25, 0.3) is 0 Å². The number of anilines is 2. The van der Waals surface area contributed by atoms with Gasteiger partial charge in [-0.3, -0.25) is 4.79 Å². The van der Waals surface area contributed by atoms with Gasteiger partial charge in [-0.25, -0.2) is 4.98 Å². The average Bonchev–Trinajstić information content (AvgIpc) is 2.70. The van der Waals surface area contributed by atoms with Crippen LogP contribution in [0.2, 0.25) is 10.0 Å². The lowest BCUT2D eigenvalue weighted by atomic mass is 9.86. The number of amides is 1. The Kier molecular flexibility index (Phi) is 7.19. The largest absolute Gasteiger partial charge is 0.362 e. The first-order chi connectivity index (χ1) is 13.8. The molecule has 156 valence electrons. The van der Waals surface area contributed by atoms with Crippen molar-refractivity contribution in [2.45, 2.75) is 38.6 Å². The van der Waals surface area contributed by atoms with E-state index in [2.05, 4.69) is 20.6 Å². The van der Waals surface area contributed by atoms with Crippen LogP contribution in [-0.4, -0.2) is 42.6 Å². The summed E-state index contributed by atoms with van der Waals surface area (Å²) >= 11 is 11.9. The van der Waals surface area contributed by atoms with Crippen LogP contribution in [0.1, 0.15) is 41.6 Å². The summed E-state index contributed by atoms with van der Waals surface area (Å²) < 4.78 is 0. The summed E-state index contributed by atoms with van der Waals surface area (Å²) in [6, 6.07) is 5.14. The fourth-order valence-electron chi connectivity index (χ4n) is 3.62. The Morgan fingerprint density at radius 3 is 2.55 bits per heavy atom. The number of nitrogens with zero attached hydrogens (tertiary/aromatic N) is 3. The fourth-order valence-corrected chi connectivity index (χ4v) is 3.92. The van der Waals surface area contributed by atoms with Gasteiger partial charge in [-0.15, -0.1) is 0 Å². The molecular weight excluding hydrogens is 409 g/mol. The third-order valence-electron chi connectivity index (χ3n) is 5.28. The van der Waals surface area contributed by atoms with Crippen molar-refractivity contribution in [1.82, 2.24) is 15.3 Å². The van der Waals surface area contributed by atoms with Gasteiger partial charge in [-0.05, 0) is 56.7 Å². The molecule has 1 fully saturated rings. The van der Waals surface area contributed by atoms with Crippen molar-refractivity contribution in [3.05, 3.63) is 45.6 Å². The van der Waals surface area contributed by atoms with E-state index in [9.17, 15) is 4.79 Å².